The molecule has 3 aromatic rings. The predicted octanol–water partition coefficient (Wildman–Crippen LogP) is 3.13. The summed E-state index contributed by atoms with van der Waals surface area (Å²) < 4.78 is 16.8. The number of morpholine rings is 1. The maximum atomic E-state index is 12.8. The van der Waals surface area contributed by atoms with E-state index in [1.54, 1.807) is 17.0 Å². The first kappa shape index (κ1) is 20.6. The van der Waals surface area contributed by atoms with E-state index in [-0.39, 0.29) is 17.3 Å². The second-order valence-corrected chi connectivity index (χ2v) is 7.61. The molecular weight excluding hydrogens is 422 g/mol. The summed E-state index contributed by atoms with van der Waals surface area (Å²) in [5, 5.41) is 17.3. The number of allylic oxidation sites excluding steroid dienone is 1. The summed E-state index contributed by atoms with van der Waals surface area (Å²) in [6.45, 7) is 1.85. The van der Waals surface area contributed by atoms with Crippen LogP contribution < -0.4 is 15.2 Å². The fourth-order valence-electron chi connectivity index (χ4n) is 4.10. The number of para-hydroxylation sites is 1. The molecule has 2 aromatic carbocycles. The highest BCUT2D eigenvalue weighted by Gasteiger charge is 2.37. The van der Waals surface area contributed by atoms with E-state index in [2.05, 4.69) is 16.3 Å². The largest absolute Gasteiger partial charge is 0.420 e. The van der Waals surface area contributed by atoms with Crippen molar-refractivity contribution >= 4 is 6.09 Å². The molecule has 0 saturated carbocycles. The molecule has 9 heteroatoms. The number of carbonyl (C=O) groups excluding carboxylic acids is 1. The third-order valence-electron chi connectivity index (χ3n) is 5.70. The quantitative estimate of drug-likeness (QED) is 0.637. The summed E-state index contributed by atoms with van der Waals surface area (Å²) >= 11 is 0. The molecule has 0 bridgehead atoms. The third kappa shape index (κ3) is 3.77. The number of ether oxygens (including phenoxy) is 3. The number of hydrogen-bond acceptors (Lipinski definition) is 7. The van der Waals surface area contributed by atoms with Gasteiger partial charge in [-0.05, 0) is 11.6 Å². The monoisotopic (exact) mass is 443 g/mol. The van der Waals surface area contributed by atoms with Crippen molar-refractivity contribution < 1.29 is 19.0 Å². The van der Waals surface area contributed by atoms with E-state index in [1.165, 1.54) is 0 Å². The van der Waals surface area contributed by atoms with Gasteiger partial charge in [-0.2, -0.15) is 5.26 Å². The van der Waals surface area contributed by atoms with Crippen molar-refractivity contribution in [2.75, 3.05) is 26.3 Å². The number of nitrogens with two attached hydrogens (primary N) is 1. The number of benzene rings is 2. The number of fused-ring (bicyclic) bond motifs is 1. The molecule has 1 aromatic heterocycles. The fourth-order valence-corrected chi connectivity index (χ4v) is 4.10. The molecular formula is C24H21N5O4. The first-order valence-corrected chi connectivity index (χ1v) is 10.5. The predicted molar refractivity (Wildman–Crippen MR) is 118 cm³/mol. The van der Waals surface area contributed by atoms with Gasteiger partial charge in [0.1, 0.15) is 17.4 Å². The van der Waals surface area contributed by atoms with E-state index in [0.29, 0.717) is 48.9 Å². The molecule has 2 aliphatic rings. The topological polar surface area (TPSA) is 126 Å². The van der Waals surface area contributed by atoms with Crippen LogP contribution in [0, 0.1) is 11.3 Å². The van der Waals surface area contributed by atoms with Crippen molar-refractivity contribution in [2.24, 2.45) is 5.73 Å². The van der Waals surface area contributed by atoms with E-state index >= 15 is 0 Å². The van der Waals surface area contributed by atoms with Gasteiger partial charge in [0, 0.05) is 18.7 Å². The standard InChI is InChI=1S/C24H21N5O4/c25-14-17-19(16-8-4-5-9-18(16)32-24(30)29-10-12-31-13-11-29)20-21(15-6-2-1-3-7-15)27-28-23(20)33-22(17)26/h1-9,19H,10-13,26H2,(H,27,28)/t19-/m0/s1. The van der Waals surface area contributed by atoms with Gasteiger partial charge in [-0.25, -0.2) is 4.79 Å². The molecule has 1 atom stereocenters. The van der Waals surface area contributed by atoms with E-state index < -0.39 is 12.0 Å². The molecule has 0 aliphatic carbocycles. The molecule has 1 saturated heterocycles. The lowest BCUT2D eigenvalue weighted by molar-refractivity contribution is 0.0415. The second-order valence-electron chi connectivity index (χ2n) is 7.61. The molecule has 9 nitrogen and oxygen atoms in total. The summed E-state index contributed by atoms with van der Waals surface area (Å²) in [6, 6.07) is 18.9. The number of rotatable bonds is 3. The Morgan fingerprint density at radius 2 is 1.88 bits per heavy atom. The molecule has 0 radical (unpaired) electrons. The van der Waals surface area contributed by atoms with Gasteiger partial charge in [-0.1, -0.05) is 48.5 Å². The highest BCUT2D eigenvalue weighted by Crippen LogP contribution is 2.47. The minimum Gasteiger partial charge on any atom is -0.420 e. The molecule has 166 valence electrons. The number of H-pyrrole nitrogens is 1. The fraction of sp³-hybridized carbons (Fsp3) is 0.208. The first-order valence-electron chi connectivity index (χ1n) is 10.5. The number of aromatic amines is 1. The summed E-state index contributed by atoms with van der Waals surface area (Å²) in [5.74, 6) is -0.0471. The van der Waals surface area contributed by atoms with Gasteiger partial charge >= 0.3 is 6.09 Å². The Kier molecular flexibility index (Phi) is 5.42. The number of hydrogen-bond donors (Lipinski definition) is 2. The molecule has 1 fully saturated rings. The number of nitrogens with one attached hydrogen (secondary N) is 1. The Bertz CT molecular complexity index is 1260. The minimum absolute atomic E-state index is 0.0320. The van der Waals surface area contributed by atoms with E-state index in [9.17, 15) is 10.1 Å². The zero-order chi connectivity index (χ0) is 22.8. The van der Waals surface area contributed by atoms with Crippen LogP contribution in [0.4, 0.5) is 4.79 Å². The lowest BCUT2D eigenvalue weighted by Gasteiger charge is -2.28. The molecule has 2 aliphatic heterocycles. The highest BCUT2D eigenvalue weighted by molar-refractivity contribution is 5.74. The lowest BCUT2D eigenvalue weighted by Crippen LogP contribution is -2.42. The van der Waals surface area contributed by atoms with E-state index in [0.717, 1.165) is 5.56 Å². The van der Waals surface area contributed by atoms with Crippen molar-refractivity contribution in [1.82, 2.24) is 15.1 Å². The van der Waals surface area contributed by atoms with Gasteiger partial charge in [-0.15, -0.1) is 5.10 Å². The molecule has 0 spiro atoms. The van der Waals surface area contributed by atoms with Gasteiger partial charge in [0.2, 0.25) is 11.8 Å². The maximum Gasteiger partial charge on any atom is 0.415 e. The highest BCUT2D eigenvalue weighted by atomic mass is 16.6. The SMILES string of the molecule is N#CC1=C(N)Oc2n[nH]c(-c3ccccc3)c2[C@H]1c1ccccc1OC(=O)N1CCOCC1. The van der Waals surface area contributed by atoms with Crippen molar-refractivity contribution in [2.45, 2.75) is 5.92 Å². The van der Waals surface area contributed by atoms with Gasteiger partial charge < -0.3 is 24.8 Å². The van der Waals surface area contributed by atoms with Gasteiger partial charge in [0.15, 0.2) is 0 Å². The van der Waals surface area contributed by atoms with Gasteiger partial charge in [-0.3, -0.25) is 5.10 Å². The summed E-state index contributed by atoms with van der Waals surface area (Å²) in [7, 11) is 0. The number of amides is 1. The average Bonchev–Trinajstić information content (AvgIpc) is 3.28. The van der Waals surface area contributed by atoms with Crippen LogP contribution >= 0.6 is 0 Å². The average molecular weight is 443 g/mol. The Morgan fingerprint density at radius 3 is 2.64 bits per heavy atom. The molecule has 3 N–H and O–H groups in total. The molecule has 5 rings (SSSR count). The normalized spacial score (nSPS) is 17.7. The van der Waals surface area contributed by atoms with Crippen LogP contribution in [0.5, 0.6) is 11.6 Å². The maximum absolute atomic E-state index is 12.8. The number of nitrogens with zero attached hydrogens (tertiary/aromatic N) is 3. The van der Waals surface area contributed by atoms with Crippen LogP contribution in [0.2, 0.25) is 0 Å². The summed E-state index contributed by atoms with van der Waals surface area (Å²) in [5.41, 5.74) is 9.16. The van der Waals surface area contributed by atoms with Crippen molar-refractivity contribution in [3.63, 3.8) is 0 Å². The molecule has 1 amide bonds. The lowest BCUT2D eigenvalue weighted by atomic mass is 9.82. The van der Waals surface area contributed by atoms with E-state index in [4.69, 9.17) is 19.9 Å². The Morgan fingerprint density at radius 1 is 1.15 bits per heavy atom. The number of nitriles is 1. The first-order chi connectivity index (χ1) is 16.2. The number of aromatic nitrogens is 2. The van der Waals surface area contributed by atoms with Gasteiger partial charge in [0.25, 0.3) is 0 Å². The zero-order valence-corrected chi connectivity index (χ0v) is 17.7. The molecule has 3 heterocycles. The zero-order valence-electron chi connectivity index (χ0n) is 17.7. The van der Waals surface area contributed by atoms with E-state index in [1.807, 2.05) is 42.5 Å². The van der Waals surface area contributed by atoms with Crippen LogP contribution in [0.3, 0.4) is 0 Å². The Labute approximate surface area is 190 Å². The molecule has 33 heavy (non-hydrogen) atoms. The Hall–Kier alpha value is -4.29. The summed E-state index contributed by atoms with van der Waals surface area (Å²) in [4.78, 5) is 14.4. The third-order valence-corrected chi connectivity index (χ3v) is 5.70. The van der Waals surface area contributed by atoms with Crippen LogP contribution in [-0.2, 0) is 4.74 Å². The van der Waals surface area contributed by atoms with Crippen LogP contribution in [-0.4, -0.2) is 47.5 Å². The smallest absolute Gasteiger partial charge is 0.415 e. The van der Waals surface area contributed by atoms with Crippen molar-refractivity contribution in [1.29, 1.82) is 5.26 Å². The molecule has 0 unspecified atom stereocenters. The second kappa shape index (κ2) is 8.68. The van der Waals surface area contributed by atoms with Crippen LogP contribution in [0.15, 0.2) is 66.1 Å². The number of carbonyl (C=O) groups is 1. The van der Waals surface area contributed by atoms with Gasteiger partial charge in [0.05, 0.1) is 30.4 Å². The van der Waals surface area contributed by atoms with Crippen molar-refractivity contribution in [3.8, 4) is 29.0 Å². The van der Waals surface area contributed by atoms with Crippen LogP contribution in [0.1, 0.15) is 17.0 Å². The Balaban J connectivity index is 1.60. The van der Waals surface area contributed by atoms with Crippen LogP contribution in [0.25, 0.3) is 11.3 Å². The van der Waals surface area contributed by atoms with Crippen molar-refractivity contribution in [3.05, 3.63) is 77.2 Å². The minimum atomic E-state index is -0.638. The summed E-state index contributed by atoms with van der Waals surface area (Å²) in [6.07, 6.45) is -0.469.